The highest BCUT2D eigenvalue weighted by atomic mass is 16.5. The molecule has 0 N–H and O–H groups in total. The van der Waals surface area contributed by atoms with Gasteiger partial charge in [0.2, 0.25) is 0 Å². The monoisotopic (exact) mass is 353 g/mol. The van der Waals surface area contributed by atoms with E-state index in [4.69, 9.17) is 11.2 Å². The molecule has 1 aliphatic rings. The second kappa shape index (κ2) is 7.12. The number of aromatic nitrogens is 2. The van der Waals surface area contributed by atoms with Crippen molar-refractivity contribution >= 4 is 11.9 Å². The van der Waals surface area contributed by atoms with Gasteiger partial charge in [-0.25, -0.2) is 4.79 Å². The molecule has 0 atom stereocenters. The summed E-state index contributed by atoms with van der Waals surface area (Å²) in [5.41, 5.74) is 4.02. The molecule has 0 spiro atoms. The number of ether oxygens (including phenoxy) is 1. The van der Waals surface area contributed by atoms with E-state index in [1.165, 1.54) is 0 Å². The normalized spacial score (nSPS) is 13.2. The Morgan fingerprint density at radius 2 is 2.04 bits per heavy atom. The largest absolute Gasteiger partial charge is 0.462 e. The summed E-state index contributed by atoms with van der Waals surface area (Å²) in [6.07, 6.45) is 7.22. The van der Waals surface area contributed by atoms with Crippen LogP contribution in [0.15, 0.2) is 18.3 Å². The Morgan fingerprint density at radius 1 is 1.27 bits per heavy atom. The van der Waals surface area contributed by atoms with Gasteiger partial charge in [-0.15, -0.1) is 6.42 Å². The number of hydrogen-bond donors (Lipinski definition) is 0. The maximum absolute atomic E-state index is 13.0. The zero-order valence-corrected chi connectivity index (χ0v) is 15.4. The Kier molecular flexibility index (Phi) is 4.90. The first-order valence-corrected chi connectivity index (χ1v) is 8.71. The molecule has 0 bridgehead atoms. The molecule has 6 nitrogen and oxygen atoms in total. The molecule has 0 saturated carbocycles. The van der Waals surface area contributed by atoms with Gasteiger partial charge in [-0.05, 0) is 32.9 Å². The molecule has 0 fully saturated rings. The van der Waals surface area contributed by atoms with Crippen molar-refractivity contribution < 1.29 is 14.3 Å². The summed E-state index contributed by atoms with van der Waals surface area (Å²) < 4.78 is 9.03. The number of rotatable bonds is 4. The minimum Gasteiger partial charge on any atom is -0.462 e. The van der Waals surface area contributed by atoms with Gasteiger partial charge < -0.3 is 18.8 Å². The molecule has 6 heteroatoms. The first kappa shape index (κ1) is 17.9. The van der Waals surface area contributed by atoms with Crippen LogP contribution in [0.3, 0.4) is 0 Å². The van der Waals surface area contributed by atoms with Gasteiger partial charge in [0.1, 0.15) is 0 Å². The van der Waals surface area contributed by atoms with Gasteiger partial charge in [0.25, 0.3) is 5.91 Å². The minimum absolute atomic E-state index is 0.00786. The van der Waals surface area contributed by atoms with Crippen molar-refractivity contribution in [3.63, 3.8) is 0 Å². The molecule has 0 radical (unpaired) electrons. The maximum atomic E-state index is 13.0. The van der Waals surface area contributed by atoms with E-state index in [-0.39, 0.29) is 11.9 Å². The van der Waals surface area contributed by atoms with Crippen molar-refractivity contribution in [3.8, 4) is 12.3 Å². The number of hydrogen-bond acceptors (Lipinski definition) is 3. The molecule has 1 aliphatic heterocycles. The summed E-state index contributed by atoms with van der Waals surface area (Å²) in [4.78, 5) is 26.7. The Hall–Kier alpha value is -2.94. The Labute approximate surface area is 153 Å². The van der Waals surface area contributed by atoms with Crippen LogP contribution in [-0.4, -0.2) is 39.1 Å². The van der Waals surface area contributed by atoms with Crippen molar-refractivity contribution in [1.29, 1.82) is 0 Å². The van der Waals surface area contributed by atoms with Gasteiger partial charge >= 0.3 is 5.97 Å². The topological polar surface area (TPSA) is 56.5 Å². The molecule has 1 amide bonds. The highest BCUT2D eigenvalue weighted by Crippen LogP contribution is 2.22. The van der Waals surface area contributed by atoms with Crippen molar-refractivity contribution in [3.05, 3.63) is 46.5 Å². The summed E-state index contributed by atoms with van der Waals surface area (Å²) in [6, 6.07) is 3.70. The lowest BCUT2D eigenvalue weighted by atomic mass is 10.2. The van der Waals surface area contributed by atoms with Gasteiger partial charge in [-0.3, -0.25) is 4.79 Å². The van der Waals surface area contributed by atoms with Crippen molar-refractivity contribution in [1.82, 2.24) is 14.0 Å². The van der Waals surface area contributed by atoms with E-state index in [1.54, 1.807) is 19.2 Å². The summed E-state index contributed by atoms with van der Waals surface area (Å²) in [7, 11) is 0. The molecular formula is C20H23N3O3. The minimum atomic E-state index is -0.329. The highest BCUT2D eigenvalue weighted by Gasteiger charge is 2.26. The molecule has 0 aromatic carbocycles. The molecule has 3 heterocycles. The molecule has 0 aliphatic carbocycles. The Morgan fingerprint density at radius 3 is 2.73 bits per heavy atom. The number of aryl methyl sites for hydroxylation is 1. The number of esters is 1. The van der Waals surface area contributed by atoms with Crippen LogP contribution in [0.5, 0.6) is 0 Å². The summed E-state index contributed by atoms with van der Waals surface area (Å²) in [5.74, 6) is 2.29. The van der Waals surface area contributed by atoms with E-state index in [0.29, 0.717) is 43.9 Å². The quantitative estimate of drug-likeness (QED) is 0.626. The lowest BCUT2D eigenvalue weighted by Crippen LogP contribution is -2.38. The van der Waals surface area contributed by atoms with Crippen LogP contribution in [0.2, 0.25) is 0 Å². The number of carbonyl (C=O) groups excluding carboxylic acids is 2. The Bertz CT molecular complexity index is 898. The van der Waals surface area contributed by atoms with Crippen LogP contribution >= 0.6 is 0 Å². The van der Waals surface area contributed by atoms with Gasteiger partial charge in [0, 0.05) is 36.4 Å². The third-order valence-corrected chi connectivity index (χ3v) is 4.80. The van der Waals surface area contributed by atoms with Gasteiger partial charge in [-0.1, -0.05) is 5.92 Å². The van der Waals surface area contributed by atoms with Crippen molar-refractivity contribution in [2.24, 2.45) is 0 Å². The number of carbonyl (C=O) groups is 2. The number of amides is 1. The molecule has 0 saturated heterocycles. The average Bonchev–Trinajstić information content (AvgIpc) is 3.17. The lowest BCUT2D eigenvalue weighted by molar-refractivity contribution is 0.0526. The number of nitrogens with zero attached hydrogens (tertiary/aromatic N) is 3. The molecule has 26 heavy (non-hydrogen) atoms. The van der Waals surface area contributed by atoms with Crippen LogP contribution in [0, 0.1) is 26.2 Å². The average molecular weight is 353 g/mol. The smallest absolute Gasteiger partial charge is 0.339 e. The fourth-order valence-electron chi connectivity index (χ4n) is 3.42. The third kappa shape index (κ3) is 3.13. The predicted molar refractivity (Wildman–Crippen MR) is 97.9 cm³/mol. The lowest BCUT2D eigenvalue weighted by Gasteiger charge is -2.28. The van der Waals surface area contributed by atoms with Crippen LogP contribution in [0.1, 0.15) is 44.7 Å². The summed E-state index contributed by atoms with van der Waals surface area (Å²) >= 11 is 0. The van der Waals surface area contributed by atoms with E-state index in [0.717, 1.165) is 17.1 Å². The highest BCUT2D eigenvalue weighted by molar-refractivity contribution is 5.96. The SMILES string of the molecule is C#CCn1c(C)cc(C(=O)N2CCn3cc(C(=O)OCC)cc3C2)c1C. The van der Waals surface area contributed by atoms with Gasteiger partial charge in [-0.2, -0.15) is 0 Å². The molecule has 3 rings (SSSR count). The molecular weight excluding hydrogens is 330 g/mol. The second-order valence-corrected chi connectivity index (χ2v) is 6.44. The number of terminal acetylenes is 1. The predicted octanol–water partition coefficient (Wildman–Crippen LogP) is 2.37. The fourth-order valence-corrected chi connectivity index (χ4v) is 3.42. The van der Waals surface area contributed by atoms with Crippen LogP contribution < -0.4 is 0 Å². The van der Waals surface area contributed by atoms with E-state index in [9.17, 15) is 9.59 Å². The van der Waals surface area contributed by atoms with E-state index in [1.807, 2.05) is 33.9 Å². The van der Waals surface area contributed by atoms with Crippen LogP contribution in [0.4, 0.5) is 0 Å². The van der Waals surface area contributed by atoms with E-state index in [2.05, 4.69) is 5.92 Å². The van der Waals surface area contributed by atoms with Gasteiger partial charge in [0.05, 0.1) is 30.8 Å². The molecule has 2 aromatic rings. The number of fused-ring (bicyclic) bond motifs is 1. The van der Waals surface area contributed by atoms with Crippen LogP contribution in [-0.2, 0) is 24.4 Å². The molecule has 136 valence electrons. The maximum Gasteiger partial charge on any atom is 0.339 e. The zero-order valence-electron chi connectivity index (χ0n) is 15.4. The molecule has 2 aromatic heterocycles. The summed E-state index contributed by atoms with van der Waals surface area (Å²) in [5, 5.41) is 0. The van der Waals surface area contributed by atoms with Crippen LogP contribution in [0.25, 0.3) is 0 Å². The first-order valence-electron chi connectivity index (χ1n) is 8.71. The fraction of sp³-hybridized carbons (Fsp3) is 0.400. The molecule has 0 unspecified atom stereocenters. The summed E-state index contributed by atoms with van der Waals surface area (Å²) in [6.45, 7) is 8.18. The zero-order chi connectivity index (χ0) is 18.8. The third-order valence-electron chi connectivity index (χ3n) is 4.80. The second-order valence-electron chi connectivity index (χ2n) is 6.44. The van der Waals surface area contributed by atoms with Crippen molar-refractivity contribution in [2.45, 2.75) is 40.4 Å². The first-order chi connectivity index (χ1) is 12.5. The van der Waals surface area contributed by atoms with Crippen molar-refractivity contribution in [2.75, 3.05) is 13.2 Å². The van der Waals surface area contributed by atoms with E-state index < -0.39 is 0 Å². The Balaban J connectivity index is 1.81. The van der Waals surface area contributed by atoms with E-state index >= 15 is 0 Å². The van der Waals surface area contributed by atoms with Gasteiger partial charge in [0.15, 0.2) is 0 Å². The standard InChI is InChI=1S/C20H23N3O3/c1-5-7-23-14(3)10-18(15(23)4)19(24)22-9-8-21-12-16(11-17(21)13-22)20(25)26-6-2/h1,10-12H,6-9,13H2,2-4H3.